The largest absolute Gasteiger partial charge is 0.494 e. The van der Waals surface area contributed by atoms with Gasteiger partial charge < -0.3 is 19.7 Å². The van der Waals surface area contributed by atoms with E-state index in [-0.39, 0.29) is 17.5 Å². The molecule has 1 aromatic carbocycles. The van der Waals surface area contributed by atoms with Gasteiger partial charge in [-0.3, -0.25) is 9.59 Å². The first-order valence-corrected chi connectivity index (χ1v) is 12.3. The molecule has 2 N–H and O–H groups in total. The number of unbranched alkanes of at least 4 members (excludes halogenated alkanes) is 1. The molecule has 6 heteroatoms. The number of aliphatic hydroxyl groups excluding tert-OH is 1. The van der Waals surface area contributed by atoms with Crippen molar-refractivity contribution >= 4 is 16.8 Å². The standard InChI is InChI=1S/C26H38N2O4/c1-2-22(29)19-28(21-10-6-4-3-5-7-11-21)26(31)12-8-9-17-32-23-14-15-24-20(18-23)13-16-25(30)27-24/h13-16,18,21-22,29H,2-12,17,19H2,1H3,(H,27,30). The molecule has 6 nitrogen and oxygen atoms in total. The van der Waals surface area contributed by atoms with Crippen LogP contribution in [-0.4, -0.2) is 46.2 Å². The monoisotopic (exact) mass is 442 g/mol. The third-order valence-electron chi connectivity index (χ3n) is 6.46. The van der Waals surface area contributed by atoms with Crippen LogP contribution in [0.15, 0.2) is 35.1 Å². The van der Waals surface area contributed by atoms with E-state index in [1.165, 1.54) is 38.2 Å². The molecule has 0 saturated heterocycles. The second kappa shape index (κ2) is 12.6. The molecule has 0 aliphatic heterocycles. The lowest BCUT2D eigenvalue weighted by Gasteiger charge is -2.34. The van der Waals surface area contributed by atoms with Crippen LogP contribution in [0, 0.1) is 0 Å². The van der Waals surface area contributed by atoms with Crippen LogP contribution in [0.3, 0.4) is 0 Å². The van der Waals surface area contributed by atoms with Crippen LogP contribution < -0.4 is 10.3 Å². The maximum atomic E-state index is 13.0. The fourth-order valence-electron chi connectivity index (χ4n) is 4.49. The molecule has 1 amide bonds. The van der Waals surface area contributed by atoms with Crippen molar-refractivity contribution < 1.29 is 14.6 Å². The SMILES string of the molecule is CCC(O)CN(C(=O)CCCCOc1ccc2[nH]c(=O)ccc2c1)C1CCCCCCC1. The van der Waals surface area contributed by atoms with Gasteiger partial charge in [0.25, 0.3) is 0 Å². The topological polar surface area (TPSA) is 82.6 Å². The molecule has 0 radical (unpaired) electrons. The molecular formula is C26H38N2O4. The molecule has 1 aliphatic rings. The smallest absolute Gasteiger partial charge is 0.248 e. The summed E-state index contributed by atoms with van der Waals surface area (Å²) in [5.41, 5.74) is 0.676. The number of ether oxygens (including phenoxy) is 1. The molecule has 1 saturated carbocycles. The number of amides is 1. The highest BCUT2D eigenvalue weighted by molar-refractivity contribution is 5.79. The van der Waals surface area contributed by atoms with E-state index in [0.717, 1.165) is 42.3 Å². The number of hydrogen-bond donors (Lipinski definition) is 2. The fraction of sp³-hybridized carbons (Fsp3) is 0.615. The summed E-state index contributed by atoms with van der Waals surface area (Å²) < 4.78 is 5.86. The molecule has 2 aromatic rings. The van der Waals surface area contributed by atoms with Crippen LogP contribution in [0.5, 0.6) is 5.75 Å². The van der Waals surface area contributed by atoms with Crippen molar-refractivity contribution in [1.29, 1.82) is 0 Å². The normalized spacial score (nSPS) is 16.3. The Labute approximate surface area is 191 Å². The molecular weight excluding hydrogens is 404 g/mol. The Morgan fingerprint density at radius 3 is 2.62 bits per heavy atom. The summed E-state index contributed by atoms with van der Waals surface area (Å²) >= 11 is 0. The highest BCUT2D eigenvalue weighted by Crippen LogP contribution is 2.23. The van der Waals surface area contributed by atoms with Crippen molar-refractivity contribution in [3.05, 3.63) is 40.7 Å². The third kappa shape index (κ3) is 7.37. The lowest BCUT2D eigenvalue weighted by Crippen LogP contribution is -2.44. The first-order chi connectivity index (χ1) is 15.6. The molecule has 0 bridgehead atoms. The van der Waals surface area contributed by atoms with Crippen LogP contribution >= 0.6 is 0 Å². The van der Waals surface area contributed by atoms with E-state index < -0.39 is 6.10 Å². The number of nitrogens with zero attached hydrogens (tertiary/aromatic N) is 1. The number of rotatable bonds is 10. The highest BCUT2D eigenvalue weighted by Gasteiger charge is 2.25. The Morgan fingerprint density at radius 1 is 1.12 bits per heavy atom. The average Bonchev–Trinajstić information content (AvgIpc) is 2.77. The number of fused-ring (bicyclic) bond motifs is 1. The molecule has 1 aromatic heterocycles. The van der Waals surface area contributed by atoms with Crippen molar-refractivity contribution in [2.75, 3.05) is 13.2 Å². The number of H-pyrrole nitrogens is 1. The Kier molecular flexibility index (Phi) is 9.60. The van der Waals surface area contributed by atoms with Crippen LogP contribution in [0.1, 0.15) is 77.6 Å². The van der Waals surface area contributed by atoms with Gasteiger partial charge in [0, 0.05) is 36.0 Å². The minimum Gasteiger partial charge on any atom is -0.494 e. The van der Waals surface area contributed by atoms with Crippen molar-refractivity contribution in [2.45, 2.75) is 89.7 Å². The maximum absolute atomic E-state index is 13.0. The van der Waals surface area contributed by atoms with E-state index >= 15 is 0 Å². The lowest BCUT2D eigenvalue weighted by atomic mass is 9.95. The Balaban J connectivity index is 1.47. The summed E-state index contributed by atoms with van der Waals surface area (Å²) in [4.78, 5) is 29.2. The summed E-state index contributed by atoms with van der Waals surface area (Å²) in [6.07, 6.45) is 10.5. The first-order valence-electron chi connectivity index (χ1n) is 12.3. The minimum absolute atomic E-state index is 0.115. The molecule has 1 unspecified atom stereocenters. The Morgan fingerprint density at radius 2 is 1.88 bits per heavy atom. The van der Waals surface area contributed by atoms with Gasteiger partial charge in [0.15, 0.2) is 0 Å². The second-order valence-electron chi connectivity index (χ2n) is 8.98. The zero-order valence-corrected chi connectivity index (χ0v) is 19.4. The quantitative estimate of drug-likeness (QED) is 0.518. The summed E-state index contributed by atoms with van der Waals surface area (Å²) in [5.74, 6) is 0.927. The van der Waals surface area contributed by atoms with Gasteiger partial charge in [-0.05, 0) is 56.4 Å². The Bertz CT molecular complexity index is 902. The van der Waals surface area contributed by atoms with E-state index in [2.05, 4.69) is 4.98 Å². The van der Waals surface area contributed by atoms with Gasteiger partial charge in [0.1, 0.15) is 5.75 Å². The first kappa shape index (κ1) is 24.3. The lowest BCUT2D eigenvalue weighted by molar-refractivity contribution is -0.135. The third-order valence-corrected chi connectivity index (χ3v) is 6.46. The molecule has 1 fully saturated rings. The molecule has 176 valence electrons. The van der Waals surface area contributed by atoms with Crippen molar-refractivity contribution in [3.63, 3.8) is 0 Å². The maximum Gasteiger partial charge on any atom is 0.248 e. The summed E-state index contributed by atoms with van der Waals surface area (Å²) in [6, 6.07) is 9.18. The van der Waals surface area contributed by atoms with E-state index in [0.29, 0.717) is 26.0 Å². The minimum atomic E-state index is -0.449. The van der Waals surface area contributed by atoms with Crippen LogP contribution in [-0.2, 0) is 4.79 Å². The number of aromatic nitrogens is 1. The molecule has 3 rings (SSSR count). The van der Waals surface area contributed by atoms with Gasteiger partial charge in [-0.25, -0.2) is 0 Å². The molecule has 1 atom stereocenters. The number of hydrogen-bond acceptors (Lipinski definition) is 4. The number of aromatic amines is 1. The van der Waals surface area contributed by atoms with Crippen LogP contribution in [0.2, 0.25) is 0 Å². The number of carbonyl (C=O) groups is 1. The molecule has 1 aliphatic carbocycles. The summed E-state index contributed by atoms with van der Waals surface area (Å²) in [7, 11) is 0. The number of benzene rings is 1. The number of pyridine rings is 1. The van der Waals surface area contributed by atoms with Gasteiger partial charge in [-0.1, -0.05) is 39.0 Å². The molecule has 0 spiro atoms. The zero-order chi connectivity index (χ0) is 22.8. The zero-order valence-electron chi connectivity index (χ0n) is 19.4. The number of carbonyl (C=O) groups excluding carboxylic acids is 1. The predicted molar refractivity (Wildman–Crippen MR) is 128 cm³/mol. The molecule has 1 heterocycles. The Hall–Kier alpha value is -2.34. The van der Waals surface area contributed by atoms with Gasteiger partial charge in [0.05, 0.1) is 12.7 Å². The van der Waals surface area contributed by atoms with Crippen molar-refractivity contribution in [3.8, 4) is 5.75 Å². The predicted octanol–water partition coefficient (Wildman–Crippen LogP) is 4.79. The van der Waals surface area contributed by atoms with E-state index in [1.54, 1.807) is 6.07 Å². The van der Waals surface area contributed by atoms with Gasteiger partial charge in [-0.2, -0.15) is 0 Å². The average molecular weight is 443 g/mol. The van der Waals surface area contributed by atoms with Crippen molar-refractivity contribution in [1.82, 2.24) is 9.88 Å². The van der Waals surface area contributed by atoms with E-state index in [4.69, 9.17) is 4.74 Å². The number of aliphatic hydroxyl groups is 1. The van der Waals surface area contributed by atoms with Crippen molar-refractivity contribution in [2.24, 2.45) is 0 Å². The number of nitrogens with one attached hydrogen (secondary N) is 1. The summed E-state index contributed by atoms with van der Waals surface area (Å²) in [6.45, 7) is 2.96. The summed E-state index contributed by atoms with van der Waals surface area (Å²) in [5, 5.41) is 11.2. The van der Waals surface area contributed by atoms with Crippen LogP contribution in [0.25, 0.3) is 10.9 Å². The highest BCUT2D eigenvalue weighted by atomic mass is 16.5. The fourth-order valence-corrected chi connectivity index (χ4v) is 4.49. The second-order valence-corrected chi connectivity index (χ2v) is 8.98. The molecule has 32 heavy (non-hydrogen) atoms. The van der Waals surface area contributed by atoms with Gasteiger partial charge in [0.2, 0.25) is 11.5 Å². The van der Waals surface area contributed by atoms with Crippen LogP contribution in [0.4, 0.5) is 0 Å². The van der Waals surface area contributed by atoms with E-state index in [1.807, 2.05) is 30.0 Å². The van der Waals surface area contributed by atoms with Gasteiger partial charge in [-0.15, -0.1) is 0 Å². The van der Waals surface area contributed by atoms with Gasteiger partial charge >= 0.3 is 0 Å². The van der Waals surface area contributed by atoms with E-state index in [9.17, 15) is 14.7 Å².